The third kappa shape index (κ3) is 4.23. The van der Waals surface area contributed by atoms with Crippen molar-refractivity contribution in [3.05, 3.63) is 11.6 Å². The number of carbonyl (C=O) groups is 1. The molecule has 1 rings (SSSR count). The molecule has 0 unspecified atom stereocenters. The molecular formula is C14H23NO2Si. The summed E-state index contributed by atoms with van der Waals surface area (Å²) in [7, 11) is -1.33. The average Bonchev–Trinajstić information content (AvgIpc) is 2.17. The van der Waals surface area contributed by atoms with Gasteiger partial charge < -0.3 is 10.0 Å². The third-order valence-corrected chi connectivity index (χ3v) is 3.96. The Bertz CT molecular complexity index is 421. The van der Waals surface area contributed by atoms with E-state index in [2.05, 4.69) is 45.0 Å². The van der Waals surface area contributed by atoms with Crippen LogP contribution in [0.4, 0.5) is 4.79 Å². The maximum atomic E-state index is 11.0. The van der Waals surface area contributed by atoms with Gasteiger partial charge in [-0.25, -0.2) is 4.79 Å². The molecule has 0 aromatic carbocycles. The quantitative estimate of drug-likeness (QED) is 0.540. The Kier molecular flexibility index (Phi) is 4.28. The van der Waals surface area contributed by atoms with Gasteiger partial charge in [0, 0.05) is 18.5 Å². The molecule has 0 aromatic rings. The molecule has 1 fully saturated rings. The van der Waals surface area contributed by atoms with E-state index in [1.54, 1.807) is 0 Å². The first-order valence-corrected chi connectivity index (χ1v) is 9.82. The Labute approximate surface area is 111 Å². The predicted octanol–water partition coefficient (Wildman–Crippen LogP) is 3.20. The molecule has 1 heterocycles. The molecule has 3 nitrogen and oxygen atoms in total. The standard InChI is InChI=1S/C14H23NO2Si/c1-14(2)11-15(13(16)17)9-8-12(14)7-6-10-18(3,4)5/h7H,8-9,11H2,1-5H3,(H,16,17)/b12-7+. The van der Waals surface area contributed by atoms with Gasteiger partial charge in [0.2, 0.25) is 0 Å². The van der Waals surface area contributed by atoms with E-state index < -0.39 is 14.2 Å². The lowest BCUT2D eigenvalue weighted by Gasteiger charge is -2.38. The molecular weight excluding hydrogens is 242 g/mol. The minimum Gasteiger partial charge on any atom is -0.465 e. The van der Waals surface area contributed by atoms with Gasteiger partial charge in [-0.2, -0.15) is 0 Å². The summed E-state index contributed by atoms with van der Waals surface area (Å²) in [6.45, 7) is 12.0. The maximum absolute atomic E-state index is 11.0. The fraction of sp³-hybridized carbons (Fsp3) is 0.643. The molecule has 0 saturated carbocycles. The van der Waals surface area contributed by atoms with Crippen LogP contribution in [0.15, 0.2) is 11.6 Å². The van der Waals surface area contributed by atoms with Crippen molar-refractivity contribution in [3.8, 4) is 11.5 Å². The number of likely N-dealkylation sites (tertiary alicyclic amines) is 1. The number of carboxylic acid groups (broad SMARTS) is 1. The summed E-state index contributed by atoms with van der Waals surface area (Å²) in [5.41, 5.74) is 4.49. The first kappa shape index (κ1) is 14.8. The van der Waals surface area contributed by atoms with Crippen LogP contribution in [0.1, 0.15) is 20.3 Å². The Balaban J connectivity index is 2.83. The van der Waals surface area contributed by atoms with E-state index in [0.717, 1.165) is 6.42 Å². The summed E-state index contributed by atoms with van der Waals surface area (Å²) in [6.07, 6.45) is 1.98. The van der Waals surface area contributed by atoms with Crippen LogP contribution in [0.25, 0.3) is 0 Å². The Morgan fingerprint density at radius 3 is 2.50 bits per heavy atom. The van der Waals surface area contributed by atoms with E-state index in [0.29, 0.717) is 13.1 Å². The smallest absolute Gasteiger partial charge is 0.407 e. The second-order valence-electron chi connectivity index (χ2n) is 6.53. The van der Waals surface area contributed by atoms with Crippen LogP contribution in [0.2, 0.25) is 19.6 Å². The fourth-order valence-electron chi connectivity index (χ4n) is 2.02. The lowest BCUT2D eigenvalue weighted by atomic mass is 9.79. The van der Waals surface area contributed by atoms with Gasteiger partial charge in [0.1, 0.15) is 8.07 Å². The summed E-state index contributed by atoms with van der Waals surface area (Å²) >= 11 is 0. The van der Waals surface area contributed by atoms with Gasteiger partial charge in [-0.1, -0.05) is 45.0 Å². The van der Waals surface area contributed by atoms with Crippen molar-refractivity contribution in [2.24, 2.45) is 5.41 Å². The minimum absolute atomic E-state index is 0.106. The summed E-state index contributed by atoms with van der Waals surface area (Å²) in [5, 5.41) is 9.02. The molecule has 18 heavy (non-hydrogen) atoms. The van der Waals surface area contributed by atoms with E-state index in [4.69, 9.17) is 5.11 Å². The van der Waals surface area contributed by atoms with E-state index in [-0.39, 0.29) is 5.41 Å². The van der Waals surface area contributed by atoms with E-state index >= 15 is 0 Å². The molecule has 0 bridgehead atoms. The normalized spacial score (nSPS) is 21.4. The fourth-order valence-corrected chi connectivity index (χ4v) is 2.53. The first-order chi connectivity index (χ1) is 8.12. The van der Waals surface area contributed by atoms with Crippen molar-refractivity contribution in [1.82, 2.24) is 4.90 Å². The van der Waals surface area contributed by atoms with Crippen LogP contribution in [-0.2, 0) is 0 Å². The largest absolute Gasteiger partial charge is 0.465 e. The van der Waals surface area contributed by atoms with Gasteiger partial charge in [-0.05, 0) is 12.5 Å². The van der Waals surface area contributed by atoms with Crippen LogP contribution >= 0.6 is 0 Å². The van der Waals surface area contributed by atoms with Crippen LogP contribution in [-0.4, -0.2) is 37.3 Å². The summed E-state index contributed by atoms with van der Waals surface area (Å²) < 4.78 is 0. The van der Waals surface area contributed by atoms with Gasteiger partial charge in [-0.15, -0.1) is 5.54 Å². The SMILES string of the molecule is CC1(C)CN(C(=O)O)CC/C1=C\C#C[Si](C)(C)C. The Morgan fingerprint density at radius 2 is 2.06 bits per heavy atom. The lowest BCUT2D eigenvalue weighted by Crippen LogP contribution is -2.44. The Hall–Kier alpha value is -1.21. The number of rotatable bonds is 0. The van der Waals surface area contributed by atoms with Gasteiger partial charge in [0.25, 0.3) is 0 Å². The average molecular weight is 265 g/mol. The topological polar surface area (TPSA) is 40.5 Å². The van der Waals surface area contributed by atoms with Crippen molar-refractivity contribution in [1.29, 1.82) is 0 Å². The molecule has 0 spiro atoms. The van der Waals surface area contributed by atoms with Crippen LogP contribution in [0.5, 0.6) is 0 Å². The Morgan fingerprint density at radius 1 is 1.44 bits per heavy atom. The summed E-state index contributed by atoms with van der Waals surface area (Å²) in [4.78, 5) is 12.5. The molecule has 1 amide bonds. The number of amides is 1. The highest BCUT2D eigenvalue weighted by Gasteiger charge is 2.32. The van der Waals surface area contributed by atoms with Crippen molar-refractivity contribution >= 4 is 14.2 Å². The highest BCUT2D eigenvalue weighted by molar-refractivity contribution is 6.83. The lowest BCUT2D eigenvalue weighted by molar-refractivity contribution is 0.117. The molecule has 100 valence electrons. The number of allylic oxidation sites excluding steroid dienone is 1. The van der Waals surface area contributed by atoms with Crippen molar-refractivity contribution in [2.45, 2.75) is 39.9 Å². The van der Waals surface area contributed by atoms with Gasteiger partial charge in [-0.3, -0.25) is 0 Å². The minimum atomic E-state index is -1.33. The van der Waals surface area contributed by atoms with Crippen molar-refractivity contribution in [2.75, 3.05) is 13.1 Å². The summed E-state index contributed by atoms with van der Waals surface area (Å²) in [5.74, 6) is 3.18. The van der Waals surface area contributed by atoms with Gasteiger partial charge >= 0.3 is 6.09 Å². The molecule has 0 aliphatic carbocycles. The highest BCUT2D eigenvalue weighted by Crippen LogP contribution is 2.33. The number of hydrogen-bond donors (Lipinski definition) is 1. The van der Waals surface area contributed by atoms with Crippen LogP contribution in [0, 0.1) is 16.9 Å². The molecule has 0 aromatic heterocycles. The predicted molar refractivity (Wildman–Crippen MR) is 77.2 cm³/mol. The van der Waals surface area contributed by atoms with Crippen molar-refractivity contribution < 1.29 is 9.90 Å². The molecule has 1 aliphatic rings. The number of nitrogens with zero attached hydrogens (tertiary/aromatic N) is 1. The van der Waals surface area contributed by atoms with E-state index in [1.807, 2.05) is 6.08 Å². The number of hydrogen-bond acceptors (Lipinski definition) is 1. The molecule has 0 atom stereocenters. The van der Waals surface area contributed by atoms with Gasteiger partial charge in [0.15, 0.2) is 0 Å². The maximum Gasteiger partial charge on any atom is 0.407 e. The monoisotopic (exact) mass is 265 g/mol. The van der Waals surface area contributed by atoms with Crippen molar-refractivity contribution in [3.63, 3.8) is 0 Å². The highest BCUT2D eigenvalue weighted by atomic mass is 28.3. The summed E-state index contributed by atoms with van der Waals surface area (Å²) in [6, 6.07) is 0. The molecule has 1 N–H and O–H groups in total. The van der Waals surface area contributed by atoms with Gasteiger partial charge in [0.05, 0.1) is 0 Å². The zero-order valence-corrected chi connectivity index (χ0v) is 13.0. The molecule has 4 heteroatoms. The zero-order valence-electron chi connectivity index (χ0n) is 12.0. The third-order valence-electron chi connectivity index (χ3n) is 3.07. The number of piperidine rings is 1. The molecule has 1 aliphatic heterocycles. The first-order valence-electron chi connectivity index (χ1n) is 6.32. The zero-order chi connectivity index (χ0) is 14.0. The van der Waals surface area contributed by atoms with E-state index in [9.17, 15) is 4.79 Å². The molecule has 1 saturated heterocycles. The second kappa shape index (κ2) is 5.19. The van der Waals surface area contributed by atoms with Crippen LogP contribution in [0.3, 0.4) is 0 Å². The molecule has 0 radical (unpaired) electrons. The van der Waals surface area contributed by atoms with E-state index in [1.165, 1.54) is 10.5 Å². The van der Waals surface area contributed by atoms with Crippen LogP contribution < -0.4 is 0 Å². The second-order valence-corrected chi connectivity index (χ2v) is 11.3.